The lowest BCUT2D eigenvalue weighted by molar-refractivity contribution is -0.208. The van der Waals surface area contributed by atoms with E-state index in [2.05, 4.69) is 24.3 Å². The van der Waals surface area contributed by atoms with Crippen LogP contribution in [0, 0.1) is 0 Å². The van der Waals surface area contributed by atoms with Gasteiger partial charge in [-0.15, -0.1) is 0 Å². The summed E-state index contributed by atoms with van der Waals surface area (Å²) < 4.78 is 20.1. The number of ether oxygens (including phenoxy) is 4. The molecule has 0 aliphatic heterocycles. The van der Waals surface area contributed by atoms with Gasteiger partial charge in [-0.1, -0.05) is 61.7 Å². The van der Waals surface area contributed by atoms with Crippen molar-refractivity contribution >= 4 is 17.9 Å². The Morgan fingerprint density at radius 1 is 0.829 bits per heavy atom. The van der Waals surface area contributed by atoms with Gasteiger partial charge in [0.25, 0.3) is 5.60 Å². The van der Waals surface area contributed by atoms with E-state index in [9.17, 15) is 19.5 Å². The van der Waals surface area contributed by atoms with E-state index >= 15 is 0 Å². The van der Waals surface area contributed by atoms with E-state index in [1.165, 1.54) is 19.4 Å². The van der Waals surface area contributed by atoms with Gasteiger partial charge < -0.3 is 24.1 Å². The fourth-order valence-corrected chi connectivity index (χ4v) is 3.40. The van der Waals surface area contributed by atoms with E-state index in [-0.39, 0.29) is 26.4 Å². The van der Waals surface area contributed by atoms with Gasteiger partial charge in [-0.3, -0.25) is 0 Å². The van der Waals surface area contributed by atoms with Crippen LogP contribution in [0.15, 0.2) is 42.5 Å². The number of esters is 3. The molecule has 0 aliphatic rings. The summed E-state index contributed by atoms with van der Waals surface area (Å²) in [4.78, 5) is 37.3. The summed E-state index contributed by atoms with van der Waals surface area (Å²) in [5.74, 6) is -3.65. The lowest BCUT2D eigenvalue weighted by atomic mass is 9.96. The van der Waals surface area contributed by atoms with Gasteiger partial charge in [0.15, 0.2) is 0 Å². The molecule has 1 unspecified atom stereocenters. The molecule has 0 fully saturated rings. The molecule has 0 saturated carbocycles. The molecule has 0 aromatic heterocycles. The molecule has 0 saturated heterocycles. The zero-order chi connectivity index (χ0) is 25.9. The fraction of sp³-hybridized carbons (Fsp3) is 0.593. The van der Waals surface area contributed by atoms with Crippen molar-refractivity contribution in [1.29, 1.82) is 0 Å². The summed E-state index contributed by atoms with van der Waals surface area (Å²) in [6.07, 6.45) is 8.97. The lowest BCUT2D eigenvalue weighted by Crippen LogP contribution is -2.61. The molecule has 196 valence electrons. The van der Waals surface area contributed by atoms with Crippen molar-refractivity contribution in [3.05, 3.63) is 48.0 Å². The van der Waals surface area contributed by atoms with Crippen LogP contribution in [-0.4, -0.2) is 61.1 Å². The predicted molar refractivity (Wildman–Crippen MR) is 132 cm³/mol. The van der Waals surface area contributed by atoms with Crippen molar-refractivity contribution in [2.45, 2.75) is 77.4 Å². The maximum absolute atomic E-state index is 12.5. The number of hydrogen-bond donors (Lipinski definition) is 1. The third kappa shape index (κ3) is 10.6. The van der Waals surface area contributed by atoms with Gasteiger partial charge in [-0.25, -0.2) is 14.4 Å². The Hall–Kier alpha value is -2.71. The molecule has 1 rings (SSSR count). The fourth-order valence-electron chi connectivity index (χ4n) is 3.40. The van der Waals surface area contributed by atoms with E-state index in [1.807, 2.05) is 18.2 Å². The average molecular weight is 493 g/mol. The summed E-state index contributed by atoms with van der Waals surface area (Å²) in [5.41, 5.74) is -1.65. The highest BCUT2D eigenvalue weighted by atomic mass is 16.6. The quantitative estimate of drug-likeness (QED) is 0.108. The minimum absolute atomic E-state index is 0.0137. The first kappa shape index (κ1) is 30.3. The first-order valence-corrected chi connectivity index (χ1v) is 12.5. The summed E-state index contributed by atoms with van der Waals surface area (Å²) in [7, 11) is 0. The molecule has 1 aromatic rings. The Bertz CT molecular complexity index is 757. The van der Waals surface area contributed by atoms with Crippen molar-refractivity contribution in [3.63, 3.8) is 0 Å². The van der Waals surface area contributed by atoms with Crippen LogP contribution in [0.3, 0.4) is 0 Å². The molecule has 0 amide bonds. The second-order valence-corrected chi connectivity index (χ2v) is 7.93. The molecule has 0 radical (unpaired) electrons. The zero-order valence-corrected chi connectivity index (χ0v) is 21.2. The number of carbonyl (C=O) groups excluding carboxylic acids is 3. The summed E-state index contributed by atoms with van der Waals surface area (Å²) in [6, 6.07) is 10.3. The predicted octanol–water partition coefficient (Wildman–Crippen LogP) is 3.93. The van der Waals surface area contributed by atoms with Crippen LogP contribution in [0.1, 0.15) is 64.9 Å². The summed E-state index contributed by atoms with van der Waals surface area (Å²) in [5, 5.41) is 10.9. The number of carbonyl (C=O) groups is 3. The SMILES string of the molecule is CCOC(=O)C(OCCCCCCCC=CCc1ccccc1)C(O)(C(=O)OCC)C(=O)OCC. The molecule has 0 spiro atoms. The van der Waals surface area contributed by atoms with Gasteiger partial charge in [0, 0.05) is 6.61 Å². The van der Waals surface area contributed by atoms with Gasteiger partial charge >= 0.3 is 17.9 Å². The van der Waals surface area contributed by atoms with E-state index in [4.69, 9.17) is 18.9 Å². The average Bonchev–Trinajstić information content (AvgIpc) is 2.85. The number of rotatable bonds is 18. The Balaban J connectivity index is 2.48. The number of allylic oxidation sites excluding steroid dienone is 2. The van der Waals surface area contributed by atoms with Gasteiger partial charge in [-0.05, 0) is 52.0 Å². The minimum Gasteiger partial charge on any atom is -0.464 e. The van der Waals surface area contributed by atoms with Crippen LogP contribution in [0.2, 0.25) is 0 Å². The highest BCUT2D eigenvalue weighted by Gasteiger charge is 2.58. The van der Waals surface area contributed by atoms with E-state index < -0.39 is 29.6 Å². The molecule has 8 nitrogen and oxygen atoms in total. The largest absolute Gasteiger partial charge is 0.464 e. The molecule has 35 heavy (non-hydrogen) atoms. The van der Waals surface area contributed by atoms with Crippen molar-refractivity contribution in [3.8, 4) is 0 Å². The van der Waals surface area contributed by atoms with E-state index in [0.717, 1.165) is 38.5 Å². The number of benzene rings is 1. The molecular formula is C27H40O8. The van der Waals surface area contributed by atoms with Crippen LogP contribution in [0.25, 0.3) is 0 Å². The molecular weight excluding hydrogens is 452 g/mol. The Morgan fingerprint density at radius 2 is 1.40 bits per heavy atom. The van der Waals surface area contributed by atoms with E-state index in [0.29, 0.717) is 6.42 Å². The van der Waals surface area contributed by atoms with Crippen LogP contribution in [-0.2, 0) is 39.8 Å². The highest BCUT2D eigenvalue weighted by molar-refractivity contribution is 6.08. The molecule has 0 heterocycles. The molecule has 1 N–H and O–H groups in total. The van der Waals surface area contributed by atoms with Crippen LogP contribution in [0.4, 0.5) is 0 Å². The third-order valence-electron chi connectivity index (χ3n) is 5.22. The lowest BCUT2D eigenvalue weighted by Gasteiger charge is -2.30. The van der Waals surface area contributed by atoms with Gasteiger partial charge in [0.2, 0.25) is 6.10 Å². The van der Waals surface area contributed by atoms with Crippen LogP contribution < -0.4 is 0 Å². The maximum atomic E-state index is 12.5. The topological polar surface area (TPSA) is 108 Å². The molecule has 1 aromatic carbocycles. The van der Waals surface area contributed by atoms with Crippen molar-refractivity contribution in [2.75, 3.05) is 26.4 Å². The van der Waals surface area contributed by atoms with Crippen molar-refractivity contribution in [2.24, 2.45) is 0 Å². The van der Waals surface area contributed by atoms with E-state index in [1.54, 1.807) is 6.92 Å². The minimum atomic E-state index is -2.94. The summed E-state index contributed by atoms with van der Waals surface area (Å²) >= 11 is 0. The molecule has 0 aliphatic carbocycles. The maximum Gasteiger partial charge on any atom is 0.353 e. The number of unbranched alkanes of at least 4 members (excludes halogenated alkanes) is 5. The number of hydrogen-bond acceptors (Lipinski definition) is 8. The smallest absolute Gasteiger partial charge is 0.353 e. The number of aliphatic hydroxyl groups is 1. The van der Waals surface area contributed by atoms with Crippen molar-refractivity contribution < 1.29 is 38.4 Å². The normalized spacial score (nSPS) is 12.3. The Labute approximate surface area is 208 Å². The second-order valence-electron chi connectivity index (χ2n) is 7.93. The van der Waals surface area contributed by atoms with Crippen LogP contribution >= 0.6 is 0 Å². The first-order valence-electron chi connectivity index (χ1n) is 12.5. The molecule has 0 bridgehead atoms. The van der Waals surface area contributed by atoms with Gasteiger partial charge in [0.05, 0.1) is 19.8 Å². The van der Waals surface area contributed by atoms with Gasteiger partial charge in [-0.2, -0.15) is 0 Å². The molecule has 8 heteroatoms. The first-order chi connectivity index (χ1) is 16.9. The van der Waals surface area contributed by atoms with Crippen LogP contribution in [0.5, 0.6) is 0 Å². The van der Waals surface area contributed by atoms with Gasteiger partial charge in [0.1, 0.15) is 0 Å². The van der Waals surface area contributed by atoms with Crippen molar-refractivity contribution in [1.82, 2.24) is 0 Å². The monoisotopic (exact) mass is 492 g/mol. The highest BCUT2D eigenvalue weighted by Crippen LogP contribution is 2.22. The Morgan fingerprint density at radius 3 is 2.00 bits per heavy atom. The zero-order valence-electron chi connectivity index (χ0n) is 21.2. The molecule has 1 atom stereocenters. The third-order valence-corrected chi connectivity index (χ3v) is 5.22. The standard InChI is InChI=1S/C27H40O8/c1-4-32-24(28)23(27(31,25(29)33-5-2)26(30)34-6-3)35-21-17-12-10-8-7-9-11-14-18-22-19-15-13-16-20-22/h11,13-16,19-20,23,31H,4-10,12,17-18,21H2,1-3H3. The second kappa shape index (κ2) is 17.7. The Kier molecular flexibility index (Phi) is 15.3. The summed E-state index contributed by atoms with van der Waals surface area (Å²) in [6.45, 7) is 4.45.